The van der Waals surface area contributed by atoms with E-state index in [1.807, 2.05) is 79.0 Å². The van der Waals surface area contributed by atoms with Gasteiger partial charge >= 0.3 is 0 Å². The molecule has 1 aromatic heterocycles. The van der Waals surface area contributed by atoms with E-state index in [1.54, 1.807) is 7.11 Å². The van der Waals surface area contributed by atoms with Gasteiger partial charge in [0.2, 0.25) is 17.7 Å². The number of likely N-dealkylation sites (tertiary alicyclic amines) is 1. The minimum absolute atomic E-state index is 0.0911. The van der Waals surface area contributed by atoms with Gasteiger partial charge in [0.1, 0.15) is 11.3 Å². The van der Waals surface area contributed by atoms with Crippen LogP contribution in [-0.2, 0) is 32.9 Å². The number of anilines is 1. The highest BCUT2D eigenvalue weighted by atomic mass is 16.5. The van der Waals surface area contributed by atoms with E-state index in [2.05, 4.69) is 15.6 Å². The maximum absolute atomic E-state index is 14.1. The molecule has 4 atom stereocenters. The lowest BCUT2D eigenvalue weighted by Gasteiger charge is -2.29. The Hall–Kier alpha value is -4.43. The van der Waals surface area contributed by atoms with Crippen LogP contribution in [0.15, 0.2) is 79.0 Å². The van der Waals surface area contributed by atoms with Crippen molar-refractivity contribution in [2.24, 2.45) is 11.8 Å². The number of rotatable bonds is 5. The molecule has 0 radical (unpaired) electrons. The van der Waals surface area contributed by atoms with Crippen molar-refractivity contribution in [1.82, 2.24) is 15.2 Å². The molecule has 0 aliphatic carbocycles. The van der Waals surface area contributed by atoms with Crippen molar-refractivity contribution < 1.29 is 19.1 Å². The number of aromatic nitrogens is 1. The average Bonchev–Trinajstić information content (AvgIpc) is 3.65. The van der Waals surface area contributed by atoms with E-state index in [1.165, 1.54) is 4.90 Å². The van der Waals surface area contributed by atoms with Crippen LogP contribution in [0, 0.1) is 11.8 Å². The van der Waals surface area contributed by atoms with E-state index in [9.17, 15) is 14.4 Å². The highest BCUT2D eigenvalue weighted by Gasteiger charge is 2.70. The molecule has 0 saturated carbocycles. The predicted molar refractivity (Wildman–Crippen MR) is 141 cm³/mol. The first-order chi connectivity index (χ1) is 18.5. The van der Waals surface area contributed by atoms with Gasteiger partial charge in [-0.25, -0.2) is 0 Å². The number of ether oxygens (including phenoxy) is 1. The summed E-state index contributed by atoms with van der Waals surface area (Å²) in [5.74, 6) is -1.84. The number of nitrogens with zero attached hydrogens (tertiary/aromatic N) is 1. The maximum Gasteiger partial charge on any atom is 0.250 e. The number of carbonyl (C=O) groups excluding carboxylic acids is 3. The van der Waals surface area contributed by atoms with E-state index in [4.69, 9.17) is 4.74 Å². The Kier molecular flexibility index (Phi) is 4.96. The monoisotopic (exact) mass is 506 g/mol. The summed E-state index contributed by atoms with van der Waals surface area (Å²) < 4.78 is 5.48. The van der Waals surface area contributed by atoms with Crippen LogP contribution < -0.4 is 15.4 Å². The number of nitrogens with one attached hydrogen (secondary N) is 3. The molecular weight excluding hydrogens is 480 g/mol. The SMILES string of the molecule is COc1ccccc1CN1C(=O)[C@@H]2[C@H](Cc3c[nH]c4ccccc34)N[C@@]3(C(=O)Nc4ccccc43)[C@@H]2C1=O. The van der Waals surface area contributed by atoms with Crippen LogP contribution >= 0.6 is 0 Å². The lowest BCUT2D eigenvalue weighted by molar-refractivity contribution is -0.143. The van der Waals surface area contributed by atoms with Crippen molar-refractivity contribution in [3.05, 3.63) is 95.7 Å². The molecule has 1 spiro atoms. The maximum atomic E-state index is 14.1. The normalized spacial score (nSPS) is 25.8. The number of fused-ring (bicyclic) bond motifs is 5. The van der Waals surface area contributed by atoms with Gasteiger partial charge in [-0.15, -0.1) is 0 Å². The Balaban J connectivity index is 1.33. The van der Waals surface area contributed by atoms with Crippen LogP contribution in [0.2, 0.25) is 0 Å². The number of methoxy groups -OCH3 is 1. The summed E-state index contributed by atoms with van der Waals surface area (Å²) in [5.41, 5.74) is 2.83. The van der Waals surface area contributed by atoms with Gasteiger partial charge in [0, 0.05) is 40.0 Å². The Bertz CT molecular complexity index is 1630. The number of carbonyl (C=O) groups is 3. The molecule has 2 fully saturated rings. The van der Waals surface area contributed by atoms with Gasteiger partial charge in [-0.1, -0.05) is 54.6 Å². The summed E-state index contributed by atoms with van der Waals surface area (Å²) in [4.78, 5) is 46.5. The molecule has 190 valence electrons. The Morgan fingerprint density at radius 1 is 0.895 bits per heavy atom. The summed E-state index contributed by atoms with van der Waals surface area (Å²) >= 11 is 0. The molecule has 3 aromatic carbocycles. The molecule has 3 aliphatic rings. The fourth-order valence-corrected chi connectivity index (χ4v) is 6.69. The minimum Gasteiger partial charge on any atom is -0.496 e. The summed E-state index contributed by atoms with van der Waals surface area (Å²) in [6, 6.07) is 22.3. The lowest BCUT2D eigenvalue weighted by atomic mass is 9.76. The summed E-state index contributed by atoms with van der Waals surface area (Å²) in [6.45, 7) is 0.0911. The highest BCUT2D eigenvalue weighted by molar-refractivity contribution is 6.15. The molecule has 4 aromatic rings. The standard InChI is InChI=1S/C30H26N4O4/c1-38-24-13-7-2-8-17(24)16-34-27(35)25-23(14-18-15-31-21-11-5-3-9-19(18)21)33-30(26(25)28(34)36)20-10-4-6-12-22(20)32-29(30)37/h2-13,15,23,25-26,31,33H,14,16H2,1H3,(H,32,37)/t23-,25+,26-,30+/m0/s1. The van der Waals surface area contributed by atoms with Crippen LogP contribution in [0.1, 0.15) is 16.7 Å². The first-order valence-corrected chi connectivity index (χ1v) is 12.7. The molecule has 8 heteroatoms. The molecule has 2 saturated heterocycles. The minimum atomic E-state index is -1.32. The molecule has 8 nitrogen and oxygen atoms in total. The number of para-hydroxylation sites is 3. The van der Waals surface area contributed by atoms with Crippen molar-refractivity contribution in [1.29, 1.82) is 0 Å². The first kappa shape index (κ1) is 22.7. The lowest BCUT2D eigenvalue weighted by Crippen LogP contribution is -2.53. The largest absolute Gasteiger partial charge is 0.496 e. The topological polar surface area (TPSA) is 104 Å². The molecule has 3 N–H and O–H groups in total. The third-order valence-corrected chi connectivity index (χ3v) is 8.35. The van der Waals surface area contributed by atoms with E-state index in [0.717, 1.165) is 22.0 Å². The molecule has 0 bridgehead atoms. The van der Waals surface area contributed by atoms with Crippen molar-refractivity contribution in [2.75, 3.05) is 12.4 Å². The van der Waals surface area contributed by atoms with Gasteiger partial charge in [-0.2, -0.15) is 0 Å². The second-order valence-corrected chi connectivity index (χ2v) is 10.2. The van der Waals surface area contributed by atoms with Crippen molar-refractivity contribution in [3.63, 3.8) is 0 Å². The fourth-order valence-electron chi connectivity index (χ4n) is 6.69. The van der Waals surface area contributed by atoms with E-state index < -0.39 is 23.4 Å². The van der Waals surface area contributed by atoms with Gasteiger partial charge in [-0.05, 0) is 30.2 Å². The number of aromatic amines is 1. The Labute approximate surface area is 219 Å². The van der Waals surface area contributed by atoms with Crippen LogP contribution in [0.4, 0.5) is 5.69 Å². The Morgan fingerprint density at radius 3 is 2.53 bits per heavy atom. The third-order valence-electron chi connectivity index (χ3n) is 8.35. The van der Waals surface area contributed by atoms with Crippen molar-refractivity contribution >= 4 is 34.3 Å². The first-order valence-electron chi connectivity index (χ1n) is 12.7. The number of imide groups is 1. The molecular formula is C30H26N4O4. The number of hydrogen-bond donors (Lipinski definition) is 3. The van der Waals surface area contributed by atoms with Gasteiger partial charge in [-0.3, -0.25) is 24.6 Å². The Morgan fingerprint density at radius 2 is 1.66 bits per heavy atom. The number of amides is 3. The zero-order valence-corrected chi connectivity index (χ0v) is 20.7. The molecule has 4 heterocycles. The summed E-state index contributed by atoms with van der Waals surface area (Å²) in [7, 11) is 1.57. The average molecular weight is 507 g/mol. The summed E-state index contributed by atoms with van der Waals surface area (Å²) in [5, 5.41) is 7.55. The zero-order chi connectivity index (χ0) is 26.0. The van der Waals surface area contributed by atoms with Crippen LogP contribution in [0.3, 0.4) is 0 Å². The van der Waals surface area contributed by atoms with E-state index in [-0.39, 0.29) is 24.3 Å². The smallest absolute Gasteiger partial charge is 0.250 e. The number of hydrogen-bond acceptors (Lipinski definition) is 5. The van der Waals surface area contributed by atoms with Crippen LogP contribution in [0.5, 0.6) is 5.75 Å². The van der Waals surface area contributed by atoms with Crippen molar-refractivity contribution in [3.8, 4) is 5.75 Å². The molecule has 3 amide bonds. The van der Waals surface area contributed by atoms with E-state index >= 15 is 0 Å². The van der Waals surface area contributed by atoms with E-state index in [0.29, 0.717) is 23.4 Å². The quantitative estimate of drug-likeness (QED) is 0.360. The summed E-state index contributed by atoms with van der Waals surface area (Å²) in [6.07, 6.45) is 2.44. The predicted octanol–water partition coefficient (Wildman–Crippen LogP) is 3.34. The number of H-pyrrole nitrogens is 1. The second-order valence-electron chi connectivity index (χ2n) is 10.2. The number of benzene rings is 3. The third kappa shape index (κ3) is 3.04. The van der Waals surface area contributed by atoms with Crippen LogP contribution in [-0.4, -0.2) is 40.8 Å². The molecule has 38 heavy (non-hydrogen) atoms. The van der Waals surface area contributed by atoms with Gasteiger partial charge in [0.05, 0.1) is 25.5 Å². The molecule has 7 rings (SSSR count). The second kappa shape index (κ2) is 8.29. The van der Waals surface area contributed by atoms with Crippen LogP contribution in [0.25, 0.3) is 10.9 Å². The highest BCUT2D eigenvalue weighted by Crippen LogP contribution is 2.53. The molecule has 3 aliphatic heterocycles. The van der Waals surface area contributed by atoms with Gasteiger partial charge < -0.3 is 15.0 Å². The van der Waals surface area contributed by atoms with Gasteiger partial charge in [0.15, 0.2) is 0 Å². The van der Waals surface area contributed by atoms with Gasteiger partial charge in [0.25, 0.3) is 0 Å². The molecule has 0 unspecified atom stereocenters. The van der Waals surface area contributed by atoms with Crippen molar-refractivity contribution in [2.45, 2.75) is 24.5 Å². The zero-order valence-electron chi connectivity index (χ0n) is 20.7. The fraction of sp³-hybridized carbons (Fsp3) is 0.233.